The molecule has 0 spiro atoms. The van der Waals surface area contributed by atoms with Gasteiger partial charge in [0, 0.05) is 6.20 Å². The van der Waals surface area contributed by atoms with Crippen LogP contribution in [0.2, 0.25) is 22.2 Å². The molecule has 1 aromatic heterocycles. The van der Waals surface area contributed by atoms with Crippen molar-refractivity contribution in [3.05, 3.63) is 22.7 Å². The first kappa shape index (κ1) is 25.5. The minimum absolute atomic E-state index is 0.119. The summed E-state index contributed by atoms with van der Waals surface area (Å²) >= 11 is 0. The van der Waals surface area contributed by atoms with Crippen LogP contribution in [0.5, 0.6) is 0 Å². The molecule has 9 nitrogen and oxygen atoms in total. The van der Waals surface area contributed by atoms with Gasteiger partial charge < -0.3 is 28.5 Å². The van der Waals surface area contributed by atoms with Crippen LogP contribution in [0.3, 0.4) is 0 Å². The Morgan fingerprint density at radius 1 is 1.06 bits per heavy atom. The van der Waals surface area contributed by atoms with Crippen LogP contribution in [0, 0.1) is 0 Å². The van der Waals surface area contributed by atoms with Gasteiger partial charge in [0.1, 0.15) is 24.1 Å². The lowest BCUT2D eigenvalue weighted by Crippen LogP contribution is -2.65. The summed E-state index contributed by atoms with van der Waals surface area (Å²) in [6.07, 6.45) is -1.73. The van der Waals surface area contributed by atoms with Crippen molar-refractivity contribution in [2.75, 3.05) is 12.3 Å². The van der Waals surface area contributed by atoms with Crippen molar-refractivity contribution in [2.24, 2.45) is 0 Å². The predicted octanol–water partition coefficient (Wildman–Crippen LogP) is 3.04. The van der Waals surface area contributed by atoms with Crippen molar-refractivity contribution in [3.63, 3.8) is 0 Å². The van der Waals surface area contributed by atoms with Gasteiger partial charge in [-0.1, -0.05) is 55.4 Å². The summed E-state index contributed by atoms with van der Waals surface area (Å²) in [6, 6.07) is 1.51. The predicted molar refractivity (Wildman–Crippen MR) is 127 cm³/mol. The number of ether oxygens (including phenoxy) is 1. The SMILES string of the molecule is CC(C)[Si]1(C(C)C)OC[C@@H]2O[C@@H](n3ccc(N)nc3=O)[C@H](O)[C@@H]2O[Si](C(C)C)(C(C)C)O1. The molecule has 3 heterocycles. The molecule has 2 saturated heterocycles. The van der Waals surface area contributed by atoms with Gasteiger partial charge in [0.15, 0.2) is 6.23 Å². The van der Waals surface area contributed by atoms with E-state index in [1.165, 1.54) is 16.8 Å². The first-order valence-corrected chi connectivity index (χ1v) is 15.5. The van der Waals surface area contributed by atoms with Crippen LogP contribution in [0.4, 0.5) is 5.82 Å². The largest absolute Gasteiger partial charge is 0.414 e. The van der Waals surface area contributed by atoms with E-state index >= 15 is 0 Å². The summed E-state index contributed by atoms with van der Waals surface area (Å²) in [7, 11) is -5.59. The molecule has 1 aromatic rings. The molecule has 3 rings (SSSR count). The standard InChI is InChI=1S/C21H39N3O6Si2/c1-12(2)31(13(3)4)27-11-16-19(29-32(30-31,14(5)6)15(7)8)18(25)20(28-16)24-10-9-17(22)23-21(24)26/h9-10,12-16,18-20,25H,11H2,1-8H3,(H2,22,23,26)/t16-,18+,19+,20+/m0/s1. The van der Waals surface area contributed by atoms with E-state index in [1.807, 2.05) is 0 Å². The van der Waals surface area contributed by atoms with Crippen LogP contribution in [0.25, 0.3) is 0 Å². The van der Waals surface area contributed by atoms with Crippen LogP contribution in [-0.2, 0) is 17.7 Å². The van der Waals surface area contributed by atoms with Gasteiger partial charge in [-0.15, -0.1) is 0 Å². The molecule has 0 amide bonds. The van der Waals surface area contributed by atoms with Crippen molar-refractivity contribution in [3.8, 4) is 0 Å². The molecule has 3 N–H and O–H groups in total. The lowest BCUT2D eigenvalue weighted by atomic mass is 10.1. The fourth-order valence-electron chi connectivity index (χ4n) is 4.99. The lowest BCUT2D eigenvalue weighted by Gasteiger charge is -2.51. The molecule has 182 valence electrons. The Hall–Kier alpha value is -1.09. The Morgan fingerprint density at radius 2 is 1.62 bits per heavy atom. The molecule has 11 heteroatoms. The molecule has 0 unspecified atom stereocenters. The fraction of sp³-hybridized carbons (Fsp3) is 0.810. The summed E-state index contributed by atoms with van der Waals surface area (Å²) in [4.78, 5) is 16.2. The number of fused-ring (bicyclic) bond motifs is 1. The Bertz CT molecular complexity index is 846. The molecule has 4 atom stereocenters. The second kappa shape index (κ2) is 9.28. The Morgan fingerprint density at radius 3 is 2.12 bits per heavy atom. The maximum absolute atomic E-state index is 12.4. The molecule has 0 bridgehead atoms. The molecule has 2 aliphatic heterocycles. The summed E-state index contributed by atoms with van der Waals surface area (Å²) in [5.41, 5.74) is 5.72. The maximum atomic E-state index is 12.4. The number of hydrogen-bond donors (Lipinski definition) is 2. The average molecular weight is 486 g/mol. The lowest BCUT2D eigenvalue weighted by molar-refractivity contribution is -0.0600. The Kier molecular flexibility index (Phi) is 7.40. The van der Waals surface area contributed by atoms with Crippen LogP contribution in [0.15, 0.2) is 17.1 Å². The van der Waals surface area contributed by atoms with Crippen LogP contribution >= 0.6 is 0 Å². The van der Waals surface area contributed by atoms with E-state index in [9.17, 15) is 9.90 Å². The number of anilines is 1. The number of nitrogen functional groups attached to an aromatic ring is 1. The minimum atomic E-state index is -2.89. The highest BCUT2D eigenvalue weighted by molar-refractivity contribution is 6.83. The van der Waals surface area contributed by atoms with Crippen LogP contribution < -0.4 is 11.4 Å². The third-order valence-electron chi connectivity index (χ3n) is 6.77. The number of aromatic nitrogens is 2. The molecular weight excluding hydrogens is 446 g/mol. The number of nitrogens with two attached hydrogens (primary N) is 1. The van der Waals surface area contributed by atoms with Crippen molar-refractivity contribution in [1.82, 2.24) is 9.55 Å². The zero-order valence-electron chi connectivity index (χ0n) is 20.4. The summed E-state index contributed by atoms with van der Waals surface area (Å²) in [6.45, 7) is 17.3. The van der Waals surface area contributed by atoms with E-state index in [2.05, 4.69) is 60.4 Å². The van der Waals surface area contributed by atoms with Gasteiger partial charge >= 0.3 is 22.8 Å². The molecule has 0 aliphatic carbocycles. The highest BCUT2D eigenvalue weighted by atomic mass is 28.5. The molecule has 2 fully saturated rings. The van der Waals surface area contributed by atoms with E-state index in [-0.39, 0.29) is 34.6 Å². The zero-order valence-corrected chi connectivity index (χ0v) is 22.4. The first-order valence-electron chi connectivity index (χ1n) is 11.6. The third kappa shape index (κ3) is 4.24. The van der Waals surface area contributed by atoms with Gasteiger partial charge in [-0.25, -0.2) is 4.79 Å². The van der Waals surface area contributed by atoms with E-state index in [4.69, 9.17) is 23.4 Å². The quantitative estimate of drug-likeness (QED) is 0.611. The minimum Gasteiger partial charge on any atom is -0.414 e. The third-order valence-corrected chi connectivity index (χ3v) is 17.0. The van der Waals surface area contributed by atoms with Gasteiger partial charge in [-0.05, 0) is 28.2 Å². The molecule has 0 aromatic carbocycles. The van der Waals surface area contributed by atoms with Crippen molar-refractivity contribution in [2.45, 2.75) is 102 Å². The summed E-state index contributed by atoms with van der Waals surface area (Å²) < 4.78 is 28.1. The monoisotopic (exact) mass is 485 g/mol. The topological polar surface area (TPSA) is 118 Å². The molecule has 0 saturated carbocycles. The molecule has 32 heavy (non-hydrogen) atoms. The fourth-order valence-corrected chi connectivity index (χ4v) is 16.2. The number of nitrogens with zero attached hydrogens (tertiary/aromatic N) is 2. The second-order valence-corrected chi connectivity index (χ2v) is 19.0. The van der Waals surface area contributed by atoms with Crippen molar-refractivity contribution >= 4 is 22.9 Å². The molecule has 0 radical (unpaired) electrons. The van der Waals surface area contributed by atoms with E-state index in [1.54, 1.807) is 0 Å². The smallest absolute Gasteiger partial charge is 0.351 e. The van der Waals surface area contributed by atoms with Crippen LogP contribution in [-0.4, -0.2) is 56.7 Å². The molecule has 2 aliphatic rings. The number of aliphatic hydroxyl groups excluding tert-OH is 1. The van der Waals surface area contributed by atoms with Gasteiger partial charge in [0.05, 0.1) is 6.61 Å². The van der Waals surface area contributed by atoms with Gasteiger partial charge in [0.25, 0.3) is 0 Å². The molecular formula is C21H39N3O6Si2. The van der Waals surface area contributed by atoms with Crippen LogP contribution in [0.1, 0.15) is 61.6 Å². The van der Waals surface area contributed by atoms with E-state index in [0.29, 0.717) is 0 Å². The van der Waals surface area contributed by atoms with E-state index in [0.717, 1.165) is 0 Å². The summed E-state index contributed by atoms with van der Waals surface area (Å²) in [5.74, 6) is 0.119. The number of aliphatic hydroxyl groups is 1. The Labute approximate surface area is 192 Å². The van der Waals surface area contributed by atoms with Crippen molar-refractivity contribution < 1.29 is 22.8 Å². The van der Waals surface area contributed by atoms with Gasteiger partial charge in [-0.3, -0.25) is 4.57 Å². The Balaban J connectivity index is 2.07. The highest BCUT2D eigenvalue weighted by Gasteiger charge is 2.61. The normalized spacial score (nSPS) is 30.0. The maximum Gasteiger partial charge on any atom is 0.351 e. The van der Waals surface area contributed by atoms with Crippen molar-refractivity contribution in [1.29, 1.82) is 0 Å². The number of hydrogen-bond acceptors (Lipinski definition) is 8. The summed E-state index contributed by atoms with van der Waals surface area (Å²) in [5, 5.41) is 11.2. The van der Waals surface area contributed by atoms with E-state index < -0.39 is 47.4 Å². The second-order valence-electron chi connectivity index (χ2n) is 10.2. The van der Waals surface area contributed by atoms with Gasteiger partial charge in [0.2, 0.25) is 0 Å². The average Bonchev–Trinajstić information content (AvgIpc) is 2.96. The number of rotatable bonds is 5. The highest BCUT2D eigenvalue weighted by Crippen LogP contribution is 2.48. The first-order chi connectivity index (χ1) is 14.9. The van der Waals surface area contributed by atoms with Gasteiger partial charge in [-0.2, -0.15) is 4.98 Å². The zero-order chi connectivity index (χ0) is 24.0.